The van der Waals surface area contributed by atoms with Crippen molar-refractivity contribution in [2.45, 2.75) is 44.4 Å². The molecule has 0 saturated heterocycles. The van der Waals surface area contributed by atoms with Gasteiger partial charge in [0.2, 0.25) is 10.0 Å². The molecule has 2 aromatic rings. The fraction of sp³-hybridized carbons (Fsp3) is 0.348. The Labute approximate surface area is 183 Å². The molecule has 0 aliphatic rings. The van der Waals surface area contributed by atoms with Crippen LogP contribution in [0.1, 0.15) is 22.3 Å². The van der Waals surface area contributed by atoms with Gasteiger partial charge in [0.25, 0.3) is 0 Å². The molecule has 0 fully saturated rings. The zero-order valence-electron chi connectivity index (χ0n) is 18.2. The van der Waals surface area contributed by atoms with Crippen LogP contribution in [-0.2, 0) is 30.9 Å². The number of carbonyl (C=O) groups is 1. The zero-order valence-corrected chi connectivity index (χ0v) is 19.0. The van der Waals surface area contributed by atoms with Crippen LogP contribution in [0.4, 0.5) is 0 Å². The number of aryl methyl sites for hydroxylation is 3. The predicted molar refractivity (Wildman–Crippen MR) is 118 cm³/mol. The van der Waals surface area contributed by atoms with E-state index in [0.717, 1.165) is 17.2 Å². The van der Waals surface area contributed by atoms with Crippen LogP contribution in [0.3, 0.4) is 0 Å². The van der Waals surface area contributed by atoms with E-state index in [1.165, 1.54) is 13.2 Å². The van der Waals surface area contributed by atoms with Crippen molar-refractivity contribution in [3.05, 3.63) is 76.9 Å². The largest absolute Gasteiger partial charge is 0.466 e. The summed E-state index contributed by atoms with van der Waals surface area (Å²) in [5, 5.41) is 10.5. The van der Waals surface area contributed by atoms with Crippen LogP contribution in [-0.4, -0.2) is 45.4 Å². The van der Waals surface area contributed by atoms with Crippen molar-refractivity contribution in [1.82, 2.24) is 4.72 Å². The maximum Gasteiger partial charge on any atom is 0.330 e. The van der Waals surface area contributed by atoms with Crippen LogP contribution in [0, 0.1) is 20.8 Å². The molecule has 0 heterocycles. The summed E-state index contributed by atoms with van der Waals surface area (Å²) >= 11 is 0. The van der Waals surface area contributed by atoms with Crippen molar-refractivity contribution >= 4 is 16.0 Å². The number of ether oxygens (including phenoxy) is 2. The predicted octanol–water partition coefficient (Wildman–Crippen LogP) is 2.57. The van der Waals surface area contributed by atoms with Gasteiger partial charge in [-0.15, -0.1) is 0 Å². The fourth-order valence-electron chi connectivity index (χ4n) is 3.31. The molecule has 0 aromatic heterocycles. The molecule has 0 bridgehead atoms. The highest BCUT2D eigenvalue weighted by molar-refractivity contribution is 7.89. The lowest BCUT2D eigenvalue weighted by molar-refractivity contribution is -0.134. The fourth-order valence-corrected chi connectivity index (χ4v) is 5.00. The summed E-state index contributed by atoms with van der Waals surface area (Å²) in [5.74, 6) is -0.656. The van der Waals surface area contributed by atoms with E-state index >= 15 is 0 Å². The molecule has 0 aliphatic carbocycles. The highest BCUT2D eigenvalue weighted by atomic mass is 32.2. The second-order valence-electron chi connectivity index (χ2n) is 7.33. The normalized spacial score (nSPS) is 13.8. The third-order valence-electron chi connectivity index (χ3n) is 4.63. The summed E-state index contributed by atoms with van der Waals surface area (Å²) in [6, 6.07) is 11.9. The van der Waals surface area contributed by atoms with Crippen LogP contribution in [0.25, 0.3) is 0 Å². The average molecular weight is 448 g/mol. The molecule has 2 N–H and O–H groups in total. The number of hydrogen-bond acceptors (Lipinski definition) is 6. The average Bonchev–Trinajstić information content (AvgIpc) is 2.70. The smallest absolute Gasteiger partial charge is 0.330 e. The van der Waals surface area contributed by atoms with Gasteiger partial charge in [-0.2, -0.15) is 0 Å². The van der Waals surface area contributed by atoms with E-state index in [-0.39, 0.29) is 18.1 Å². The monoisotopic (exact) mass is 447 g/mol. The van der Waals surface area contributed by atoms with E-state index in [2.05, 4.69) is 9.46 Å². The van der Waals surface area contributed by atoms with Gasteiger partial charge in [-0.3, -0.25) is 0 Å². The number of hydrogen-bond donors (Lipinski definition) is 2. The van der Waals surface area contributed by atoms with E-state index < -0.39 is 28.1 Å². The summed E-state index contributed by atoms with van der Waals surface area (Å²) in [6.45, 7) is 5.48. The first-order valence-corrected chi connectivity index (χ1v) is 11.3. The minimum atomic E-state index is -3.96. The van der Waals surface area contributed by atoms with Gasteiger partial charge in [0.05, 0.1) is 37.4 Å². The number of aliphatic hydroxyl groups is 1. The second kappa shape index (κ2) is 11.2. The highest BCUT2D eigenvalue weighted by Gasteiger charge is 2.27. The van der Waals surface area contributed by atoms with E-state index in [0.29, 0.717) is 11.1 Å². The maximum absolute atomic E-state index is 13.1. The molecule has 0 spiro atoms. The van der Waals surface area contributed by atoms with E-state index in [1.807, 2.05) is 37.3 Å². The van der Waals surface area contributed by atoms with Gasteiger partial charge in [-0.25, -0.2) is 17.9 Å². The molecule has 7 nitrogen and oxygen atoms in total. The minimum Gasteiger partial charge on any atom is -0.466 e. The SMILES string of the molecule is COC(=O)/C=C/[C@H](O)[C@H](COCc1ccccc1)NS(=O)(=O)c1c(C)cc(C)cc1C. The van der Waals surface area contributed by atoms with Crippen molar-refractivity contribution in [3.63, 3.8) is 0 Å². The molecule has 0 unspecified atom stereocenters. The molecular formula is C23H29NO6S. The van der Waals surface area contributed by atoms with Gasteiger partial charge >= 0.3 is 5.97 Å². The number of carbonyl (C=O) groups excluding carboxylic acids is 1. The van der Waals surface area contributed by atoms with Gasteiger partial charge in [0.1, 0.15) is 0 Å². The topological polar surface area (TPSA) is 102 Å². The van der Waals surface area contributed by atoms with Gasteiger partial charge in [0.15, 0.2) is 0 Å². The second-order valence-corrected chi connectivity index (χ2v) is 8.98. The number of methoxy groups -OCH3 is 1. The molecule has 0 aliphatic heterocycles. The van der Waals surface area contributed by atoms with Gasteiger partial charge in [0, 0.05) is 6.08 Å². The first kappa shape index (κ1) is 24.7. The molecule has 31 heavy (non-hydrogen) atoms. The number of rotatable bonds is 10. The van der Waals surface area contributed by atoms with Crippen molar-refractivity contribution in [2.24, 2.45) is 0 Å². The first-order valence-electron chi connectivity index (χ1n) is 9.80. The van der Waals surface area contributed by atoms with Crippen molar-refractivity contribution < 1.29 is 27.8 Å². The molecule has 0 radical (unpaired) electrons. The Bertz CT molecular complexity index is 995. The molecule has 0 saturated carbocycles. The summed E-state index contributed by atoms with van der Waals surface area (Å²) < 4.78 is 39.0. The van der Waals surface area contributed by atoms with Gasteiger partial charge < -0.3 is 14.6 Å². The Morgan fingerprint density at radius 1 is 1.13 bits per heavy atom. The Balaban J connectivity index is 2.24. The van der Waals surface area contributed by atoms with Crippen molar-refractivity contribution in [2.75, 3.05) is 13.7 Å². The number of aliphatic hydroxyl groups excluding tert-OH is 1. The molecule has 0 amide bonds. The third kappa shape index (κ3) is 7.29. The standard InChI is InChI=1S/C23H29NO6S/c1-16-12-17(2)23(18(3)13-16)31(27,28)24-20(21(25)10-11-22(26)29-4)15-30-14-19-8-6-5-7-9-19/h5-13,20-21,24-25H,14-15H2,1-4H3/b11-10+/t20-,21-/m0/s1. The van der Waals surface area contributed by atoms with Crippen LogP contribution in [0.15, 0.2) is 59.5 Å². The lowest BCUT2D eigenvalue weighted by atomic mass is 10.1. The summed E-state index contributed by atoms with van der Waals surface area (Å²) in [6.07, 6.45) is 0.918. The Morgan fingerprint density at radius 3 is 2.32 bits per heavy atom. The Kier molecular flexibility index (Phi) is 8.94. The van der Waals surface area contributed by atoms with E-state index in [9.17, 15) is 18.3 Å². The van der Waals surface area contributed by atoms with Gasteiger partial charge in [-0.05, 0) is 43.5 Å². The number of benzene rings is 2. The summed E-state index contributed by atoms with van der Waals surface area (Å²) in [7, 11) is -2.75. The van der Waals surface area contributed by atoms with Crippen molar-refractivity contribution in [3.8, 4) is 0 Å². The lowest BCUT2D eigenvalue weighted by Gasteiger charge is -2.23. The van der Waals surface area contributed by atoms with Crippen LogP contribution in [0.2, 0.25) is 0 Å². The number of sulfonamides is 1. The van der Waals surface area contributed by atoms with E-state index in [4.69, 9.17) is 4.74 Å². The van der Waals surface area contributed by atoms with Gasteiger partial charge in [-0.1, -0.05) is 48.0 Å². The van der Waals surface area contributed by atoms with Crippen LogP contribution >= 0.6 is 0 Å². The number of nitrogens with one attached hydrogen (secondary N) is 1. The third-order valence-corrected chi connectivity index (χ3v) is 6.43. The van der Waals surface area contributed by atoms with E-state index in [1.54, 1.807) is 26.0 Å². The molecule has 168 valence electrons. The number of esters is 1. The maximum atomic E-state index is 13.1. The minimum absolute atomic E-state index is 0.106. The lowest BCUT2D eigenvalue weighted by Crippen LogP contribution is -2.46. The highest BCUT2D eigenvalue weighted by Crippen LogP contribution is 2.22. The summed E-state index contributed by atoms with van der Waals surface area (Å²) in [5.41, 5.74) is 3.08. The summed E-state index contributed by atoms with van der Waals surface area (Å²) in [4.78, 5) is 11.5. The zero-order chi connectivity index (χ0) is 23.0. The molecule has 2 rings (SSSR count). The van der Waals surface area contributed by atoms with Crippen LogP contribution < -0.4 is 4.72 Å². The first-order chi connectivity index (χ1) is 14.6. The Morgan fingerprint density at radius 2 is 1.74 bits per heavy atom. The Hall–Kier alpha value is -2.52. The molecule has 8 heteroatoms. The molecular weight excluding hydrogens is 418 g/mol. The molecule has 2 aromatic carbocycles. The quantitative estimate of drug-likeness (QED) is 0.429. The van der Waals surface area contributed by atoms with Crippen molar-refractivity contribution in [1.29, 1.82) is 0 Å². The van der Waals surface area contributed by atoms with Crippen LogP contribution in [0.5, 0.6) is 0 Å². The molecule has 2 atom stereocenters.